The van der Waals surface area contributed by atoms with Crippen LogP contribution in [0.1, 0.15) is 60.6 Å². The van der Waals surface area contributed by atoms with Crippen molar-refractivity contribution in [3.05, 3.63) is 70.3 Å². The lowest BCUT2D eigenvalue weighted by molar-refractivity contribution is -0.137. The highest BCUT2D eigenvalue weighted by Crippen LogP contribution is 2.56. The minimum Gasteiger partial charge on any atom is -0.478 e. The first kappa shape index (κ1) is 25.4. The van der Waals surface area contributed by atoms with Gasteiger partial charge in [0.05, 0.1) is 17.8 Å². The lowest BCUT2D eigenvalue weighted by Gasteiger charge is -2.18. The Balaban J connectivity index is 1.39. The summed E-state index contributed by atoms with van der Waals surface area (Å²) in [6.45, 7) is 4.79. The van der Waals surface area contributed by atoms with Gasteiger partial charge in [-0.15, -0.1) is 0 Å². The van der Waals surface area contributed by atoms with E-state index in [0.717, 1.165) is 6.42 Å². The van der Waals surface area contributed by atoms with Gasteiger partial charge in [0.1, 0.15) is 12.4 Å². The van der Waals surface area contributed by atoms with Crippen LogP contribution in [0.25, 0.3) is 11.1 Å². The zero-order chi connectivity index (χ0) is 26.5. The third-order valence-electron chi connectivity index (χ3n) is 6.99. The van der Waals surface area contributed by atoms with E-state index in [1.165, 1.54) is 35.7 Å². The zero-order valence-electron chi connectivity index (χ0n) is 20.8. The lowest BCUT2D eigenvalue weighted by atomic mass is 9.95. The molecule has 2 atom stereocenters. The van der Waals surface area contributed by atoms with Crippen LogP contribution in [-0.4, -0.2) is 27.3 Å². The predicted molar refractivity (Wildman–Crippen MR) is 129 cm³/mol. The minimum absolute atomic E-state index is 0.0157. The quantitative estimate of drug-likeness (QED) is 0.352. The molecule has 5 nitrogen and oxygen atoms in total. The standard InChI is InChI=1S/C28H28F4N2O3/c1-15-19(4-5-25(34-15)36-7-6-27(2,3)35)21-10-18(24(29)12-23(21)28(30,31)32)14-37-26-11-17-8-16-9-20(16)22(17)13-33-26/h4-5,10-13,16,20,35H,6-9,14H2,1-3H3. The molecule has 0 aliphatic heterocycles. The summed E-state index contributed by atoms with van der Waals surface area (Å²) in [5.41, 5.74) is 0.688. The van der Waals surface area contributed by atoms with Gasteiger partial charge in [-0.2, -0.15) is 13.2 Å². The number of benzene rings is 1. The molecule has 2 unspecified atom stereocenters. The van der Waals surface area contributed by atoms with E-state index in [9.17, 15) is 22.7 Å². The van der Waals surface area contributed by atoms with E-state index < -0.39 is 23.2 Å². The first-order valence-corrected chi connectivity index (χ1v) is 12.2. The summed E-state index contributed by atoms with van der Waals surface area (Å²) in [5, 5.41) is 9.82. The number of rotatable bonds is 8. The minimum atomic E-state index is -4.77. The third kappa shape index (κ3) is 5.56. The van der Waals surface area contributed by atoms with Crippen LogP contribution in [0, 0.1) is 18.7 Å². The Morgan fingerprint density at radius 3 is 2.54 bits per heavy atom. The summed E-state index contributed by atoms with van der Waals surface area (Å²) < 4.78 is 67.7. The fourth-order valence-corrected chi connectivity index (χ4v) is 4.86. The molecule has 0 saturated heterocycles. The van der Waals surface area contributed by atoms with Crippen LogP contribution in [0.15, 0.2) is 36.5 Å². The van der Waals surface area contributed by atoms with Crippen LogP contribution in [0.4, 0.5) is 17.6 Å². The van der Waals surface area contributed by atoms with Crippen LogP contribution in [-0.2, 0) is 19.2 Å². The fourth-order valence-electron chi connectivity index (χ4n) is 4.86. The molecule has 3 aromatic rings. The summed E-state index contributed by atoms with van der Waals surface area (Å²) >= 11 is 0. The number of nitrogens with zero attached hydrogens (tertiary/aromatic N) is 2. The maximum atomic E-state index is 14.8. The second-order valence-corrected chi connectivity index (χ2v) is 10.5. The van der Waals surface area contributed by atoms with E-state index in [1.54, 1.807) is 27.0 Å². The largest absolute Gasteiger partial charge is 0.478 e. The normalized spacial score (nSPS) is 18.4. The van der Waals surface area contributed by atoms with Crippen molar-refractivity contribution in [1.29, 1.82) is 0 Å². The maximum absolute atomic E-state index is 14.8. The first-order valence-electron chi connectivity index (χ1n) is 12.2. The van der Waals surface area contributed by atoms with Crippen molar-refractivity contribution in [2.45, 2.75) is 64.3 Å². The van der Waals surface area contributed by atoms with E-state index >= 15 is 0 Å². The Hall–Kier alpha value is -3.20. The van der Waals surface area contributed by atoms with E-state index in [1.807, 2.05) is 6.07 Å². The molecule has 1 fully saturated rings. The molecule has 1 N–H and O–H groups in total. The van der Waals surface area contributed by atoms with Crippen molar-refractivity contribution in [2.75, 3.05) is 6.61 Å². The SMILES string of the molecule is Cc1nc(OCCC(C)(C)O)ccc1-c1cc(COc2cc3c(cn2)C2CC2C3)c(F)cc1C(F)(F)F. The number of pyridine rings is 2. The Morgan fingerprint density at radius 1 is 1.05 bits per heavy atom. The van der Waals surface area contributed by atoms with Gasteiger partial charge in [-0.05, 0) is 80.3 Å². The second-order valence-electron chi connectivity index (χ2n) is 10.5. The number of aromatic nitrogens is 2. The first-order chi connectivity index (χ1) is 17.4. The van der Waals surface area contributed by atoms with Gasteiger partial charge in [0.2, 0.25) is 11.8 Å². The van der Waals surface area contributed by atoms with Gasteiger partial charge in [0, 0.05) is 41.6 Å². The molecule has 0 amide bonds. The Morgan fingerprint density at radius 2 is 1.84 bits per heavy atom. The molecule has 2 aliphatic rings. The molecule has 196 valence electrons. The van der Waals surface area contributed by atoms with Gasteiger partial charge in [-0.3, -0.25) is 0 Å². The summed E-state index contributed by atoms with van der Waals surface area (Å²) in [7, 11) is 0. The number of fused-ring (bicyclic) bond motifs is 3. The summed E-state index contributed by atoms with van der Waals surface area (Å²) in [4.78, 5) is 8.58. The van der Waals surface area contributed by atoms with Gasteiger partial charge in [0.25, 0.3) is 0 Å². The van der Waals surface area contributed by atoms with Crippen molar-refractivity contribution in [3.63, 3.8) is 0 Å². The molecule has 0 bridgehead atoms. The fraction of sp³-hybridized carbons (Fsp3) is 0.429. The van der Waals surface area contributed by atoms with Crippen molar-refractivity contribution in [2.24, 2.45) is 5.92 Å². The summed E-state index contributed by atoms with van der Waals surface area (Å²) in [6, 6.07) is 6.45. The molecule has 0 spiro atoms. The number of hydrogen-bond donors (Lipinski definition) is 1. The van der Waals surface area contributed by atoms with E-state index in [-0.39, 0.29) is 35.8 Å². The monoisotopic (exact) mass is 516 g/mol. The van der Waals surface area contributed by atoms with Crippen molar-refractivity contribution < 1.29 is 32.1 Å². The van der Waals surface area contributed by atoms with Crippen molar-refractivity contribution in [1.82, 2.24) is 9.97 Å². The molecule has 9 heteroatoms. The van der Waals surface area contributed by atoms with Gasteiger partial charge in [-0.25, -0.2) is 14.4 Å². The van der Waals surface area contributed by atoms with Gasteiger partial charge < -0.3 is 14.6 Å². The van der Waals surface area contributed by atoms with E-state index in [2.05, 4.69) is 9.97 Å². The average Bonchev–Trinajstić information content (AvgIpc) is 3.47. The molecule has 0 radical (unpaired) electrons. The highest BCUT2D eigenvalue weighted by atomic mass is 19.4. The number of ether oxygens (including phenoxy) is 2. The predicted octanol–water partition coefficient (Wildman–Crippen LogP) is 6.39. The molecule has 37 heavy (non-hydrogen) atoms. The Labute approximate surface area is 212 Å². The Bertz CT molecular complexity index is 1330. The molecule has 2 heterocycles. The summed E-state index contributed by atoms with van der Waals surface area (Å²) in [6.07, 6.45) is -0.462. The lowest BCUT2D eigenvalue weighted by Crippen LogP contribution is -2.22. The number of hydrogen-bond acceptors (Lipinski definition) is 5. The molecule has 2 aliphatic carbocycles. The molecular formula is C28H28F4N2O3. The van der Waals surface area contributed by atoms with Crippen molar-refractivity contribution in [3.8, 4) is 22.9 Å². The number of halogens is 4. The molecule has 1 aromatic carbocycles. The van der Waals surface area contributed by atoms with Crippen molar-refractivity contribution >= 4 is 0 Å². The number of aliphatic hydroxyl groups is 1. The zero-order valence-corrected chi connectivity index (χ0v) is 20.8. The van der Waals surface area contributed by atoms with Gasteiger partial charge >= 0.3 is 6.18 Å². The van der Waals surface area contributed by atoms with Crippen LogP contribution < -0.4 is 9.47 Å². The highest BCUT2D eigenvalue weighted by Gasteiger charge is 2.45. The number of aryl methyl sites for hydroxylation is 1. The van der Waals surface area contributed by atoms with Gasteiger partial charge in [0.15, 0.2) is 0 Å². The van der Waals surface area contributed by atoms with Crippen LogP contribution in [0.2, 0.25) is 0 Å². The average molecular weight is 517 g/mol. The molecule has 2 aromatic heterocycles. The second kappa shape index (κ2) is 9.28. The molecule has 1 saturated carbocycles. The highest BCUT2D eigenvalue weighted by molar-refractivity contribution is 5.71. The topological polar surface area (TPSA) is 64.5 Å². The molecule has 5 rings (SSSR count). The third-order valence-corrected chi connectivity index (χ3v) is 6.99. The van der Waals surface area contributed by atoms with Gasteiger partial charge in [-0.1, -0.05) is 0 Å². The smallest absolute Gasteiger partial charge is 0.417 e. The van der Waals surface area contributed by atoms with Crippen LogP contribution in [0.5, 0.6) is 11.8 Å². The van der Waals surface area contributed by atoms with Crippen LogP contribution in [0.3, 0.4) is 0 Å². The molecular weight excluding hydrogens is 488 g/mol. The summed E-state index contributed by atoms with van der Waals surface area (Å²) in [5.74, 6) is 0.811. The van der Waals surface area contributed by atoms with E-state index in [4.69, 9.17) is 9.47 Å². The van der Waals surface area contributed by atoms with Crippen LogP contribution >= 0.6 is 0 Å². The maximum Gasteiger partial charge on any atom is 0.417 e. The van der Waals surface area contributed by atoms with E-state index in [0.29, 0.717) is 35.9 Å². The Kier molecular flexibility index (Phi) is 6.38. The number of alkyl halides is 3.